The van der Waals surface area contributed by atoms with Gasteiger partial charge in [0.05, 0.1) is 11.3 Å². The average molecular weight is 428 g/mol. The standard InChI is InChI=1S/C17H15F2IN2O/c18-11-6-7-12(14(20)10-11)17(23)21-16-13(19)4-3-5-15(16)22-8-1-2-9-22/h3-7,10H,1-2,8-9H2,(H,21,23). The molecule has 1 aliphatic heterocycles. The third-order valence-electron chi connectivity index (χ3n) is 3.85. The maximum atomic E-state index is 14.2. The van der Waals surface area contributed by atoms with Crippen LogP contribution in [0.5, 0.6) is 0 Å². The predicted molar refractivity (Wildman–Crippen MR) is 94.9 cm³/mol. The monoisotopic (exact) mass is 428 g/mol. The van der Waals surface area contributed by atoms with Crippen LogP contribution < -0.4 is 10.2 Å². The molecule has 0 aliphatic carbocycles. The Hall–Kier alpha value is -1.70. The van der Waals surface area contributed by atoms with Crippen LogP contribution in [-0.2, 0) is 0 Å². The third kappa shape index (κ3) is 3.46. The molecule has 0 atom stereocenters. The fourth-order valence-electron chi connectivity index (χ4n) is 2.71. The maximum absolute atomic E-state index is 14.2. The van der Waals surface area contributed by atoms with Crippen LogP contribution in [0.2, 0.25) is 0 Å². The second-order valence-electron chi connectivity index (χ2n) is 5.41. The van der Waals surface area contributed by atoms with E-state index in [0.29, 0.717) is 14.8 Å². The van der Waals surface area contributed by atoms with Crippen molar-refractivity contribution in [2.45, 2.75) is 12.8 Å². The predicted octanol–water partition coefficient (Wildman–Crippen LogP) is 4.42. The molecule has 3 nitrogen and oxygen atoms in total. The molecule has 1 amide bonds. The first kappa shape index (κ1) is 16.2. The lowest BCUT2D eigenvalue weighted by atomic mass is 10.2. The molecule has 1 saturated heterocycles. The zero-order valence-corrected chi connectivity index (χ0v) is 14.4. The second kappa shape index (κ2) is 6.82. The van der Waals surface area contributed by atoms with E-state index in [-0.39, 0.29) is 5.69 Å². The Bertz CT molecular complexity index is 745. The molecule has 2 aromatic rings. The summed E-state index contributed by atoms with van der Waals surface area (Å²) in [6.07, 6.45) is 2.11. The van der Waals surface area contributed by atoms with E-state index in [1.54, 1.807) is 12.1 Å². The number of halogens is 3. The minimum Gasteiger partial charge on any atom is -0.370 e. The highest BCUT2D eigenvalue weighted by atomic mass is 127. The number of nitrogens with one attached hydrogen (secondary N) is 1. The van der Waals surface area contributed by atoms with Crippen molar-refractivity contribution in [3.63, 3.8) is 0 Å². The van der Waals surface area contributed by atoms with Gasteiger partial charge in [0.25, 0.3) is 5.91 Å². The van der Waals surface area contributed by atoms with Gasteiger partial charge in [-0.15, -0.1) is 0 Å². The van der Waals surface area contributed by atoms with Crippen molar-refractivity contribution in [1.82, 2.24) is 0 Å². The number of hydrogen-bond donors (Lipinski definition) is 1. The van der Waals surface area contributed by atoms with E-state index in [2.05, 4.69) is 10.2 Å². The van der Waals surface area contributed by atoms with Crippen LogP contribution >= 0.6 is 22.6 Å². The van der Waals surface area contributed by atoms with E-state index in [9.17, 15) is 13.6 Å². The molecule has 0 saturated carbocycles. The lowest BCUT2D eigenvalue weighted by Gasteiger charge is -2.22. The highest BCUT2D eigenvalue weighted by Crippen LogP contribution is 2.31. The van der Waals surface area contributed by atoms with Gasteiger partial charge in [0, 0.05) is 16.7 Å². The topological polar surface area (TPSA) is 32.3 Å². The van der Waals surface area contributed by atoms with Crippen LogP contribution in [0.25, 0.3) is 0 Å². The van der Waals surface area contributed by atoms with Gasteiger partial charge in [-0.3, -0.25) is 4.79 Å². The normalized spacial score (nSPS) is 14.1. The largest absolute Gasteiger partial charge is 0.370 e. The number of hydrogen-bond acceptors (Lipinski definition) is 2. The highest BCUT2D eigenvalue weighted by Gasteiger charge is 2.20. The summed E-state index contributed by atoms with van der Waals surface area (Å²) < 4.78 is 27.9. The number of nitrogens with zero attached hydrogens (tertiary/aromatic N) is 1. The Balaban J connectivity index is 1.91. The fraction of sp³-hybridized carbons (Fsp3) is 0.235. The Morgan fingerprint density at radius 1 is 1.13 bits per heavy atom. The number of carbonyl (C=O) groups is 1. The summed E-state index contributed by atoms with van der Waals surface area (Å²) in [5.41, 5.74) is 1.19. The van der Waals surface area contributed by atoms with E-state index < -0.39 is 17.5 Å². The van der Waals surface area contributed by atoms with Gasteiger partial charge in [-0.1, -0.05) is 6.07 Å². The third-order valence-corrected chi connectivity index (χ3v) is 4.75. The van der Waals surface area contributed by atoms with E-state index >= 15 is 0 Å². The SMILES string of the molecule is O=C(Nc1c(F)cccc1N1CCCC1)c1ccc(F)cc1I. The molecule has 0 spiro atoms. The number of para-hydroxylation sites is 1. The Labute approximate surface area is 146 Å². The zero-order valence-electron chi connectivity index (χ0n) is 12.3. The van der Waals surface area contributed by atoms with Gasteiger partial charge in [0.2, 0.25) is 0 Å². The van der Waals surface area contributed by atoms with Gasteiger partial charge in [-0.25, -0.2) is 8.78 Å². The molecule has 6 heteroatoms. The minimum absolute atomic E-state index is 0.180. The molecule has 23 heavy (non-hydrogen) atoms. The summed E-state index contributed by atoms with van der Waals surface area (Å²) in [6, 6.07) is 8.67. The quantitative estimate of drug-likeness (QED) is 0.735. The minimum atomic E-state index is -0.472. The van der Waals surface area contributed by atoms with Gasteiger partial charge in [-0.2, -0.15) is 0 Å². The van der Waals surface area contributed by atoms with E-state index in [1.807, 2.05) is 22.6 Å². The molecule has 3 rings (SSSR count). The van der Waals surface area contributed by atoms with Gasteiger partial charge in [0.15, 0.2) is 0 Å². The summed E-state index contributed by atoms with van der Waals surface area (Å²) in [6.45, 7) is 1.70. The Morgan fingerprint density at radius 3 is 2.57 bits per heavy atom. The summed E-state index contributed by atoms with van der Waals surface area (Å²) in [4.78, 5) is 14.5. The molecular formula is C17H15F2IN2O. The molecule has 1 aliphatic rings. The Morgan fingerprint density at radius 2 is 1.87 bits per heavy atom. The zero-order chi connectivity index (χ0) is 16.4. The second-order valence-corrected chi connectivity index (χ2v) is 6.57. The molecule has 0 unspecified atom stereocenters. The van der Waals surface area contributed by atoms with Crippen molar-refractivity contribution in [3.05, 3.63) is 57.2 Å². The van der Waals surface area contributed by atoms with Gasteiger partial charge >= 0.3 is 0 Å². The van der Waals surface area contributed by atoms with Crippen molar-refractivity contribution in [2.75, 3.05) is 23.3 Å². The number of anilines is 2. The lowest BCUT2D eigenvalue weighted by molar-refractivity contribution is 0.102. The maximum Gasteiger partial charge on any atom is 0.256 e. The van der Waals surface area contributed by atoms with Crippen LogP contribution in [0.3, 0.4) is 0 Å². The molecular weight excluding hydrogens is 413 g/mol. The van der Waals surface area contributed by atoms with Crippen LogP contribution in [0.4, 0.5) is 20.2 Å². The summed E-state index contributed by atoms with van der Waals surface area (Å²) >= 11 is 1.89. The molecule has 0 aromatic heterocycles. The first-order chi connectivity index (χ1) is 11.1. The van der Waals surface area contributed by atoms with Crippen LogP contribution in [0.1, 0.15) is 23.2 Å². The Kier molecular flexibility index (Phi) is 4.79. The summed E-state index contributed by atoms with van der Waals surface area (Å²) in [7, 11) is 0. The van der Waals surface area contributed by atoms with Crippen molar-refractivity contribution in [1.29, 1.82) is 0 Å². The molecule has 1 heterocycles. The first-order valence-electron chi connectivity index (χ1n) is 7.36. The summed E-state index contributed by atoms with van der Waals surface area (Å²) in [5.74, 6) is -1.32. The van der Waals surface area contributed by atoms with Crippen LogP contribution in [-0.4, -0.2) is 19.0 Å². The number of rotatable bonds is 3. The van der Waals surface area contributed by atoms with Crippen molar-refractivity contribution >= 4 is 39.9 Å². The fourth-order valence-corrected chi connectivity index (χ4v) is 3.43. The molecule has 120 valence electrons. The number of amides is 1. The molecule has 1 fully saturated rings. The summed E-state index contributed by atoms with van der Waals surface area (Å²) in [5, 5.41) is 2.65. The average Bonchev–Trinajstić information content (AvgIpc) is 3.03. The molecule has 1 N–H and O–H groups in total. The van der Waals surface area contributed by atoms with E-state index in [4.69, 9.17) is 0 Å². The van der Waals surface area contributed by atoms with E-state index in [0.717, 1.165) is 25.9 Å². The highest BCUT2D eigenvalue weighted by molar-refractivity contribution is 14.1. The van der Waals surface area contributed by atoms with E-state index in [1.165, 1.54) is 24.3 Å². The number of carbonyl (C=O) groups excluding carboxylic acids is 1. The van der Waals surface area contributed by atoms with Gasteiger partial charge in [-0.05, 0) is 65.8 Å². The van der Waals surface area contributed by atoms with Crippen LogP contribution in [0.15, 0.2) is 36.4 Å². The smallest absolute Gasteiger partial charge is 0.256 e. The van der Waals surface area contributed by atoms with Gasteiger partial charge in [0.1, 0.15) is 17.3 Å². The van der Waals surface area contributed by atoms with Crippen LogP contribution in [0, 0.1) is 15.2 Å². The van der Waals surface area contributed by atoms with Gasteiger partial charge < -0.3 is 10.2 Å². The number of benzene rings is 2. The van der Waals surface area contributed by atoms with Crippen molar-refractivity contribution in [2.24, 2.45) is 0 Å². The molecule has 0 bridgehead atoms. The van der Waals surface area contributed by atoms with Crippen molar-refractivity contribution < 1.29 is 13.6 Å². The molecule has 0 radical (unpaired) electrons. The lowest BCUT2D eigenvalue weighted by Crippen LogP contribution is -2.22. The first-order valence-corrected chi connectivity index (χ1v) is 8.44. The molecule has 2 aromatic carbocycles. The van der Waals surface area contributed by atoms with Crippen molar-refractivity contribution in [3.8, 4) is 0 Å².